The standard InChI is InChI=1S/C14H27NO3/c1-14(2,3)18-13(16)7-8-15(4)9-10-17-11-12-5-6-12/h12H,5-11H2,1-4H3. The van der Waals surface area contributed by atoms with Crippen molar-refractivity contribution in [3.63, 3.8) is 0 Å². The van der Waals surface area contributed by atoms with Gasteiger partial charge in [0.15, 0.2) is 0 Å². The minimum Gasteiger partial charge on any atom is -0.460 e. The van der Waals surface area contributed by atoms with Crippen LogP contribution in [0, 0.1) is 5.92 Å². The summed E-state index contributed by atoms with van der Waals surface area (Å²) in [5.74, 6) is 0.685. The van der Waals surface area contributed by atoms with Crippen LogP contribution in [-0.4, -0.2) is 49.8 Å². The lowest BCUT2D eigenvalue weighted by Crippen LogP contribution is -2.29. The van der Waals surface area contributed by atoms with Crippen molar-refractivity contribution in [2.45, 2.75) is 45.6 Å². The molecule has 1 saturated carbocycles. The van der Waals surface area contributed by atoms with Gasteiger partial charge in [-0.15, -0.1) is 0 Å². The second-order valence-corrected chi connectivity index (χ2v) is 6.16. The van der Waals surface area contributed by atoms with Crippen molar-refractivity contribution in [2.24, 2.45) is 5.92 Å². The maximum absolute atomic E-state index is 11.5. The third-order valence-corrected chi connectivity index (χ3v) is 2.79. The summed E-state index contributed by atoms with van der Waals surface area (Å²) in [5, 5.41) is 0. The molecule has 1 fully saturated rings. The van der Waals surface area contributed by atoms with Gasteiger partial charge in [0.25, 0.3) is 0 Å². The van der Waals surface area contributed by atoms with Gasteiger partial charge < -0.3 is 14.4 Å². The van der Waals surface area contributed by atoms with Gasteiger partial charge >= 0.3 is 5.97 Å². The minimum atomic E-state index is -0.386. The summed E-state index contributed by atoms with van der Waals surface area (Å²) in [6.07, 6.45) is 3.10. The molecule has 0 atom stereocenters. The Morgan fingerprint density at radius 1 is 1.28 bits per heavy atom. The molecule has 0 amide bonds. The molecule has 0 heterocycles. The number of hydrogen-bond donors (Lipinski definition) is 0. The first-order valence-corrected chi connectivity index (χ1v) is 6.85. The normalized spacial score (nSPS) is 16.1. The van der Waals surface area contributed by atoms with Crippen LogP contribution < -0.4 is 0 Å². The van der Waals surface area contributed by atoms with E-state index in [1.807, 2.05) is 27.8 Å². The highest BCUT2D eigenvalue weighted by molar-refractivity contribution is 5.70. The summed E-state index contributed by atoms with van der Waals surface area (Å²) in [7, 11) is 2.00. The van der Waals surface area contributed by atoms with Crippen LogP contribution in [0.25, 0.3) is 0 Å². The molecule has 18 heavy (non-hydrogen) atoms. The minimum absolute atomic E-state index is 0.131. The van der Waals surface area contributed by atoms with Crippen LogP contribution in [-0.2, 0) is 14.3 Å². The number of esters is 1. The lowest BCUT2D eigenvalue weighted by Gasteiger charge is -2.21. The van der Waals surface area contributed by atoms with Crippen molar-refractivity contribution in [1.29, 1.82) is 0 Å². The Bertz CT molecular complexity index is 256. The van der Waals surface area contributed by atoms with Crippen LogP contribution in [0.15, 0.2) is 0 Å². The average molecular weight is 257 g/mol. The van der Waals surface area contributed by atoms with Crippen LogP contribution >= 0.6 is 0 Å². The maximum Gasteiger partial charge on any atom is 0.307 e. The predicted molar refractivity (Wildman–Crippen MR) is 71.5 cm³/mol. The molecule has 0 spiro atoms. The van der Waals surface area contributed by atoms with E-state index in [1.54, 1.807) is 0 Å². The van der Waals surface area contributed by atoms with Crippen molar-refractivity contribution in [3.8, 4) is 0 Å². The quantitative estimate of drug-likeness (QED) is 0.493. The molecule has 0 aromatic heterocycles. The first kappa shape index (κ1) is 15.4. The number of rotatable bonds is 8. The summed E-state index contributed by atoms with van der Waals surface area (Å²) < 4.78 is 10.8. The number of carbonyl (C=O) groups excluding carboxylic acids is 1. The average Bonchev–Trinajstić information content (AvgIpc) is 3.03. The molecular weight excluding hydrogens is 230 g/mol. The first-order valence-electron chi connectivity index (χ1n) is 6.85. The zero-order valence-corrected chi connectivity index (χ0v) is 12.2. The van der Waals surface area contributed by atoms with E-state index in [4.69, 9.17) is 9.47 Å². The van der Waals surface area contributed by atoms with E-state index < -0.39 is 0 Å². The maximum atomic E-state index is 11.5. The van der Waals surface area contributed by atoms with E-state index in [2.05, 4.69) is 4.90 Å². The smallest absolute Gasteiger partial charge is 0.307 e. The molecule has 1 aliphatic carbocycles. The third-order valence-electron chi connectivity index (χ3n) is 2.79. The fourth-order valence-electron chi connectivity index (χ4n) is 1.54. The van der Waals surface area contributed by atoms with Gasteiger partial charge in [-0.05, 0) is 46.6 Å². The first-order chi connectivity index (χ1) is 8.37. The number of carbonyl (C=O) groups is 1. The van der Waals surface area contributed by atoms with Crippen molar-refractivity contribution in [1.82, 2.24) is 4.90 Å². The largest absolute Gasteiger partial charge is 0.460 e. The fourth-order valence-corrected chi connectivity index (χ4v) is 1.54. The van der Waals surface area contributed by atoms with E-state index in [-0.39, 0.29) is 11.6 Å². The van der Waals surface area contributed by atoms with E-state index in [9.17, 15) is 4.79 Å². The number of likely N-dealkylation sites (N-methyl/N-ethyl adjacent to an activating group) is 1. The van der Waals surface area contributed by atoms with Crippen LogP contribution in [0.5, 0.6) is 0 Å². The third kappa shape index (κ3) is 8.48. The van der Waals surface area contributed by atoms with Crippen LogP contribution in [0.2, 0.25) is 0 Å². The van der Waals surface area contributed by atoms with Gasteiger partial charge in [-0.25, -0.2) is 0 Å². The second-order valence-electron chi connectivity index (χ2n) is 6.16. The lowest BCUT2D eigenvalue weighted by molar-refractivity contribution is -0.155. The molecule has 0 N–H and O–H groups in total. The Balaban J connectivity index is 1.97. The van der Waals surface area contributed by atoms with E-state index in [1.165, 1.54) is 12.8 Å². The monoisotopic (exact) mass is 257 g/mol. The van der Waals surface area contributed by atoms with Gasteiger partial charge in [-0.1, -0.05) is 0 Å². The van der Waals surface area contributed by atoms with Crippen molar-refractivity contribution in [3.05, 3.63) is 0 Å². The summed E-state index contributed by atoms with van der Waals surface area (Å²) in [6, 6.07) is 0. The topological polar surface area (TPSA) is 38.8 Å². The van der Waals surface area contributed by atoms with Gasteiger partial charge in [0.05, 0.1) is 13.0 Å². The van der Waals surface area contributed by atoms with E-state index in [0.717, 1.165) is 32.2 Å². The van der Waals surface area contributed by atoms with Gasteiger partial charge in [-0.3, -0.25) is 4.79 Å². The van der Waals surface area contributed by atoms with Crippen LogP contribution in [0.1, 0.15) is 40.0 Å². The molecule has 1 aliphatic rings. The van der Waals surface area contributed by atoms with Crippen LogP contribution in [0.4, 0.5) is 0 Å². The van der Waals surface area contributed by atoms with E-state index in [0.29, 0.717) is 6.42 Å². The summed E-state index contributed by atoms with van der Waals surface area (Å²) in [4.78, 5) is 13.6. The number of ether oxygens (including phenoxy) is 2. The van der Waals surface area contributed by atoms with Crippen molar-refractivity contribution < 1.29 is 14.3 Å². The fraction of sp³-hybridized carbons (Fsp3) is 0.929. The molecule has 0 aromatic carbocycles. The Hall–Kier alpha value is -0.610. The molecule has 0 aliphatic heterocycles. The molecule has 1 rings (SSSR count). The Kier molecular flexibility index (Phi) is 6.09. The van der Waals surface area contributed by atoms with Crippen molar-refractivity contribution in [2.75, 3.05) is 33.4 Å². The lowest BCUT2D eigenvalue weighted by atomic mass is 10.2. The Labute approximate surface area is 111 Å². The molecule has 4 heteroatoms. The Morgan fingerprint density at radius 3 is 2.50 bits per heavy atom. The zero-order chi connectivity index (χ0) is 13.6. The number of nitrogens with zero attached hydrogens (tertiary/aromatic N) is 1. The molecule has 0 bridgehead atoms. The molecule has 106 valence electrons. The molecule has 0 saturated heterocycles. The summed E-state index contributed by atoms with van der Waals surface area (Å²) in [5.41, 5.74) is -0.386. The predicted octanol–water partition coefficient (Wildman–Crippen LogP) is 2.08. The Morgan fingerprint density at radius 2 is 1.94 bits per heavy atom. The highest BCUT2D eigenvalue weighted by atomic mass is 16.6. The molecule has 0 unspecified atom stereocenters. The van der Waals surface area contributed by atoms with Crippen LogP contribution in [0.3, 0.4) is 0 Å². The van der Waals surface area contributed by atoms with Gasteiger partial charge in [0.1, 0.15) is 5.60 Å². The SMILES string of the molecule is CN(CCOCC1CC1)CCC(=O)OC(C)(C)C. The zero-order valence-electron chi connectivity index (χ0n) is 12.2. The highest BCUT2D eigenvalue weighted by Crippen LogP contribution is 2.28. The molecular formula is C14H27NO3. The summed E-state index contributed by atoms with van der Waals surface area (Å²) in [6.45, 7) is 8.92. The highest BCUT2D eigenvalue weighted by Gasteiger charge is 2.21. The summed E-state index contributed by atoms with van der Waals surface area (Å²) >= 11 is 0. The molecule has 4 nitrogen and oxygen atoms in total. The van der Waals surface area contributed by atoms with E-state index >= 15 is 0 Å². The molecule has 0 radical (unpaired) electrons. The molecule has 0 aromatic rings. The van der Waals surface area contributed by atoms with Gasteiger partial charge in [0, 0.05) is 19.7 Å². The van der Waals surface area contributed by atoms with Gasteiger partial charge in [-0.2, -0.15) is 0 Å². The number of hydrogen-bond acceptors (Lipinski definition) is 4. The second kappa shape index (κ2) is 7.10. The van der Waals surface area contributed by atoms with Gasteiger partial charge in [0.2, 0.25) is 0 Å². The van der Waals surface area contributed by atoms with Crippen molar-refractivity contribution >= 4 is 5.97 Å².